The zero-order valence-electron chi connectivity index (χ0n) is 13.5. The third-order valence-corrected chi connectivity index (χ3v) is 8.82. The van der Waals surface area contributed by atoms with Gasteiger partial charge in [0.1, 0.15) is 12.4 Å². The van der Waals surface area contributed by atoms with Crippen LogP contribution >= 0.6 is 15.9 Å². The summed E-state index contributed by atoms with van der Waals surface area (Å²) < 4.78 is 49.8. The predicted octanol–water partition coefficient (Wildman–Crippen LogP) is 5.87. The monoisotopic (exact) mass is 398 g/mol. The zero-order valence-corrected chi connectivity index (χ0v) is 16.1. The Morgan fingerprint density at radius 1 is 1.05 bits per heavy atom. The lowest BCUT2D eigenvalue weighted by atomic mass is 10.2. The van der Waals surface area contributed by atoms with E-state index in [9.17, 15) is 13.2 Å². The summed E-state index contributed by atoms with van der Waals surface area (Å²) in [5.74, 6) is 0.181. The summed E-state index contributed by atoms with van der Waals surface area (Å²) in [4.78, 5) is 0. The van der Waals surface area contributed by atoms with Crippen LogP contribution in [0, 0.1) is 0 Å². The highest BCUT2D eigenvalue weighted by Gasteiger charge is 2.37. The minimum atomic E-state index is -4.39. The van der Waals surface area contributed by atoms with E-state index >= 15 is 0 Å². The summed E-state index contributed by atoms with van der Waals surface area (Å²) in [7, 11) is -1.86. The number of alkyl halides is 3. The SMILES string of the molecule is CC(C)(C)[Si](C)(C)OCCOc1cc(Br)cc(C(F)(F)F)c1. The Labute approximate surface area is 139 Å². The molecule has 0 bridgehead atoms. The summed E-state index contributed by atoms with van der Waals surface area (Å²) in [5.41, 5.74) is -0.734. The van der Waals surface area contributed by atoms with Crippen LogP contribution in [0.25, 0.3) is 0 Å². The average molecular weight is 399 g/mol. The van der Waals surface area contributed by atoms with Crippen LogP contribution in [-0.2, 0) is 10.6 Å². The molecule has 0 saturated carbocycles. The topological polar surface area (TPSA) is 18.5 Å². The van der Waals surface area contributed by atoms with Gasteiger partial charge in [0.2, 0.25) is 0 Å². The number of rotatable bonds is 5. The molecular weight excluding hydrogens is 377 g/mol. The van der Waals surface area contributed by atoms with E-state index in [-0.39, 0.29) is 17.4 Å². The second kappa shape index (κ2) is 6.92. The molecule has 1 aromatic carbocycles. The van der Waals surface area contributed by atoms with Gasteiger partial charge < -0.3 is 9.16 Å². The molecule has 0 heterocycles. The summed E-state index contributed by atoms with van der Waals surface area (Å²) in [6.45, 7) is 11.2. The van der Waals surface area contributed by atoms with Crippen LogP contribution in [0.5, 0.6) is 5.75 Å². The van der Waals surface area contributed by atoms with Crippen molar-refractivity contribution >= 4 is 24.2 Å². The molecule has 2 nitrogen and oxygen atoms in total. The lowest BCUT2D eigenvalue weighted by molar-refractivity contribution is -0.137. The Kier molecular flexibility index (Phi) is 6.14. The van der Waals surface area contributed by atoms with Gasteiger partial charge in [0.25, 0.3) is 0 Å². The molecule has 0 amide bonds. The Balaban J connectivity index is 2.61. The van der Waals surface area contributed by atoms with Crippen LogP contribution in [0.2, 0.25) is 18.1 Å². The molecular formula is C15H22BrF3O2Si. The van der Waals surface area contributed by atoms with Gasteiger partial charge in [-0.15, -0.1) is 0 Å². The Morgan fingerprint density at radius 3 is 2.14 bits per heavy atom. The normalized spacial score (nSPS) is 13.3. The lowest BCUT2D eigenvalue weighted by Crippen LogP contribution is -2.41. The highest BCUT2D eigenvalue weighted by atomic mass is 79.9. The molecule has 7 heteroatoms. The highest BCUT2D eigenvalue weighted by molar-refractivity contribution is 9.10. The predicted molar refractivity (Wildman–Crippen MR) is 87.8 cm³/mol. The lowest BCUT2D eigenvalue weighted by Gasteiger charge is -2.36. The standard InChI is InChI=1S/C15H22BrF3O2Si/c1-14(2,3)22(4,5)21-7-6-20-13-9-11(15(17,18)19)8-12(16)10-13/h8-10H,6-7H2,1-5H3. The van der Waals surface area contributed by atoms with Crippen LogP contribution in [-0.4, -0.2) is 21.5 Å². The van der Waals surface area contributed by atoms with E-state index in [2.05, 4.69) is 49.8 Å². The number of halogens is 4. The number of ether oxygens (including phenoxy) is 1. The average Bonchev–Trinajstić information content (AvgIpc) is 2.31. The van der Waals surface area contributed by atoms with Crippen molar-refractivity contribution in [1.82, 2.24) is 0 Å². The van der Waals surface area contributed by atoms with Crippen molar-refractivity contribution < 1.29 is 22.3 Å². The van der Waals surface area contributed by atoms with E-state index in [1.54, 1.807) is 0 Å². The first-order valence-corrected chi connectivity index (χ1v) is 10.7. The third-order valence-electron chi connectivity index (χ3n) is 3.82. The molecule has 0 aliphatic heterocycles. The molecule has 0 radical (unpaired) electrons. The van der Waals surface area contributed by atoms with Gasteiger partial charge in [-0.2, -0.15) is 13.2 Å². The Morgan fingerprint density at radius 2 is 1.64 bits per heavy atom. The second-order valence-corrected chi connectivity index (χ2v) is 12.4. The van der Waals surface area contributed by atoms with E-state index in [1.165, 1.54) is 6.07 Å². The minimum absolute atomic E-state index is 0.0895. The van der Waals surface area contributed by atoms with Crippen LogP contribution in [0.4, 0.5) is 13.2 Å². The third kappa shape index (κ3) is 5.59. The van der Waals surface area contributed by atoms with Gasteiger partial charge in [-0.05, 0) is 36.3 Å². The molecule has 1 aromatic rings. The fraction of sp³-hybridized carbons (Fsp3) is 0.600. The molecule has 126 valence electrons. The van der Waals surface area contributed by atoms with Gasteiger partial charge in [-0.1, -0.05) is 36.7 Å². The highest BCUT2D eigenvalue weighted by Crippen LogP contribution is 2.36. The van der Waals surface area contributed by atoms with Crippen LogP contribution in [0.3, 0.4) is 0 Å². The summed E-state index contributed by atoms with van der Waals surface area (Å²) in [6.07, 6.45) is -4.39. The van der Waals surface area contributed by atoms with E-state index in [0.717, 1.165) is 12.1 Å². The zero-order chi connectivity index (χ0) is 17.2. The van der Waals surface area contributed by atoms with Crippen LogP contribution in [0.15, 0.2) is 22.7 Å². The molecule has 22 heavy (non-hydrogen) atoms. The fourth-order valence-electron chi connectivity index (χ4n) is 1.48. The van der Waals surface area contributed by atoms with Crippen LogP contribution < -0.4 is 4.74 Å². The maximum atomic E-state index is 12.7. The van der Waals surface area contributed by atoms with Gasteiger partial charge in [0.05, 0.1) is 12.2 Å². The Hall–Kier alpha value is -0.533. The van der Waals surface area contributed by atoms with Crippen molar-refractivity contribution in [3.63, 3.8) is 0 Å². The van der Waals surface area contributed by atoms with Crippen molar-refractivity contribution in [2.45, 2.75) is 45.1 Å². The summed E-state index contributed by atoms with van der Waals surface area (Å²) >= 11 is 3.07. The van der Waals surface area contributed by atoms with E-state index in [0.29, 0.717) is 11.1 Å². The van der Waals surface area contributed by atoms with Crippen molar-refractivity contribution in [3.05, 3.63) is 28.2 Å². The van der Waals surface area contributed by atoms with E-state index < -0.39 is 20.1 Å². The number of hydrogen-bond donors (Lipinski definition) is 0. The molecule has 0 aliphatic rings. The summed E-state index contributed by atoms with van der Waals surface area (Å²) in [5, 5.41) is 0.0895. The first-order chi connectivity index (χ1) is 9.83. The molecule has 0 aliphatic carbocycles. The van der Waals surface area contributed by atoms with Crippen LogP contribution in [0.1, 0.15) is 26.3 Å². The molecule has 0 aromatic heterocycles. The molecule has 0 fully saturated rings. The van der Waals surface area contributed by atoms with Gasteiger partial charge >= 0.3 is 6.18 Å². The maximum Gasteiger partial charge on any atom is 0.416 e. The van der Waals surface area contributed by atoms with Gasteiger partial charge in [-0.3, -0.25) is 0 Å². The van der Waals surface area contributed by atoms with Crippen molar-refractivity contribution in [3.8, 4) is 5.75 Å². The molecule has 0 unspecified atom stereocenters. The molecule has 0 atom stereocenters. The smallest absolute Gasteiger partial charge is 0.416 e. The first-order valence-electron chi connectivity index (χ1n) is 6.97. The molecule has 0 spiro atoms. The molecule has 0 saturated heterocycles. The molecule has 1 rings (SSSR count). The van der Waals surface area contributed by atoms with Crippen molar-refractivity contribution in [2.75, 3.05) is 13.2 Å². The van der Waals surface area contributed by atoms with E-state index in [1.807, 2.05) is 0 Å². The first kappa shape index (κ1) is 19.5. The van der Waals surface area contributed by atoms with Crippen molar-refractivity contribution in [1.29, 1.82) is 0 Å². The van der Waals surface area contributed by atoms with Gasteiger partial charge in [-0.25, -0.2) is 0 Å². The second-order valence-electron chi connectivity index (χ2n) is 6.63. The van der Waals surface area contributed by atoms with Gasteiger partial charge in [0, 0.05) is 4.47 Å². The fourth-order valence-corrected chi connectivity index (χ4v) is 2.98. The van der Waals surface area contributed by atoms with E-state index in [4.69, 9.17) is 9.16 Å². The van der Waals surface area contributed by atoms with Gasteiger partial charge in [0.15, 0.2) is 8.32 Å². The largest absolute Gasteiger partial charge is 0.491 e. The Bertz CT molecular complexity index is 510. The maximum absolute atomic E-state index is 12.7. The summed E-state index contributed by atoms with van der Waals surface area (Å²) in [6, 6.07) is 3.54. The number of hydrogen-bond acceptors (Lipinski definition) is 2. The quantitative estimate of drug-likeness (QED) is 0.456. The minimum Gasteiger partial charge on any atom is -0.491 e. The van der Waals surface area contributed by atoms with Crippen molar-refractivity contribution in [2.24, 2.45) is 0 Å². The number of benzene rings is 1. The molecule has 0 N–H and O–H groups in total.